The summed E-state index contributed by atoms with van der Waals surface area (Å²) in [5.74, 6) is 0. The minimum atomic E-state index is -3.22. The SMILES string of the molecule is COCC(Br)CCNS(=O)(=O)C(C)(C)C. The van der Waals surface area contributed by atoms with E-state index in [4.69, 9.17) is 4.74 Å². The Bertz CT molecular complexity index is 272. The third-order valence-corrected chi connectivity index (χ3v) is 4.82. The zero-order chi connectivity index (χ0) is 12.1. The van der Waals surface area contributed by atoms with Gasteiger partial charge in [0.15, 0.2) is 0 Å². The molecule has 4 nitrogen and oxygen atoms in total. The van der Waals surface area contributed by atoms with E-state index in [1.54, 1.807) is 27.9 Å². The van der Waals surface area contributed by atoms with Gasteiger partial charge < -0.3 is 4.74 Å². The maximum atomic E-state index is 11.6. The van der Waals surface area contributed by atoms with Crippen LogP contribution in [0.1, 0.15) is 27.2 Å². The second-order valence-corrected chi connectivity index (χ2v) is 8.17. The first kappa shape index (κ1) is 15.3. The normalized spacial score (nSPS) is 15.3. The lowest BCUT2D eigenvalue weighted by Gasteiger charge is -2.20. The second kappa shape index (κ2) is 6.18. The summed E-state index contributed by atoms with van der Waals surface area (Å²) in [5, 5.41) is 0. The van der Waals surface area contributed by atoms with Crippen LogP contribution in [0.5, 0.6) is 0 Å². The molecule has 0 heterocycles. The molecule has 0 aliphatic carbocycles. The molecule has 1 unspecified atom stereocenters. The van der Waals surface area contributed by atoms with Crippen LogP contribution in [0.3, 0.4) is 0 Å². The van der Waals surface area contributed by atoms with E-state index >= 15 is 0 Å². The molecule has 92 valence electrons. The van der Waals surface area contributed by atoms with Gasteiger partial charge in [0, 0.05) is 18.5 Å². The third kappa shape index (κ3) is 5.85. The first-order chi connectivity index (χ1) is 6.70. The molecule has 0 rings (SSSR count). The van der Waals surface area contributed by atoms with Crippen molar-refractivity contribution in [3.8, 4) is 0 Å². The molecule has 0 spiro atoms. The summed E-state index contributed by atoms with van der Waals surface area (Å²) in [5.41, 5.74) is 0. The molecule has 0 fully saturated rings. The minimum absolute atomic E-state index is 0.185. The molecular weight excluding hydrogens is 282 g/mol. The predicted molar refractivity (Wildman–Crippen MR) is 65.9 cm³/mol. The van der Waals surface area contributed by atoms with Gasteiger partial charge in [0.05, 0.1) is 11.4 Å². The van der Waals surface area contributed by atoms with E-state index < -0.39 is 14.8 Å². The highest BCUT2D eigenvalue weighted by atomic mass is 79.9. The molecule has 0 bridgehead atoms. The maximum Gasteiger partial charge on any atom is 0.216 e. The molecule has 1 N–H and O–H groups in total. The lowest BCUT2D eigenvalue weighted by molar-refractivity contribution is 0.199. The Labute approximate surface area is 101 Å². The molecule has 0 aromatic carbocycles. The fraction of sp³-hybridized carbons (Fsp3) is 1.00. The van der Waals surface area contributed by atoms with E-state index in [0.29, 0.717) is 19.6 Å². The largest absolute Gasteiger partial charge is 0.384 e. The molecule has 15 heavy (non-hydrogen) atoms. The van der Waals surface area contributed by atoms with Crippen molar-refractivity contribution in [3.05, 3.63) is 0 Å². The van der Waals surface area contributed by atoms with Crippen molar-refractivity contribution in [2.75, 3.05) is 20.3 Å². The summed E-state index contributed by atoms with van der Waals surface area (Å²) in [6.07, 6.45) is 0.711. The van der Waals surface area contributed by atoms with E-state index in [9.17, 15) is 8.42 Å². The Morgan fingerprint density at radius 3 is 2.33 bits per heavy atom. The van der Waals surface area contributed by atoms with Gasteiger partial charge in [-0.2, -0.15) is 0 Å². The van der Waals surface area contributed by atoms with E-state index in [-0.39, 0.29) is 4.83 Å². The van der Waals surface area contributed by atoms with E-state index in [1.165, 1.54) is 0 Å². The van der Waals surface area contributed by atoms with Gasteiger partial charge in [0.2, 0.25) is 10.0 Å². The van der Waals surface area contributed by atoms with Crippen LogP contribution in [0.15, 0.2) is 0 Å². The molecule has 0 saturated heterocycles. The standard InChI is InChI=1S/C9H20BrNO3S/c1-9(2,3)15(12,13)11-6-5-8(10)7-14-4/h8,11H,5-7H2,1-4H3. The Morgan fingerprint density at radius 1 is 1.40 bits per heavy atom. The van der Waals surface area contributed by atoms with Gasteiger partial charge in [-0.3, -0.25) is 0 Å². The van der Waals surface area contributed by atoms with Crippen molar-refractivity contribution in [1.82, 2.24) is 4.72 Å². The molecule has 0 amide bonds. The van der Waals surface area contributed by atoms with Gasteiger partial charge in [-0.15, -0.1) is 0 Å². The van der Waals surface area contributed by atoms with Crippen molar-refractivity contribution in [2.24, 2.45) is 0 Å². The van der Waals surface area contributed by atoms with Crippen LogP contribution in [0.2, 0.25) is 0 Å². The Balaban J connectivity index is 3.97. The summed E-state index contributed by atoms with van der Waals surface area (Å²) < 4.78 is 30.0. The van der Waals surface area contributed by atoms with E-state index in [2.05, 4.69) is 20.7 Å². The highest BCUT2D eigenvalue weighted by Crippen LogP contribution is 2.13. The van der Waals surface area contributed by atoms with Crippen LogP contribution in [-0.4, -0.2) is 38.3 Å². The van der Waals surface area contributed by atoms with Gasteiger partial charge in [-0.25, -0.2) is 13.1 Å². The maximum absolute atomic E-state index is 11.6. The Morgan fingerprint density at radius 2 is 1.93 bits per heavy atom. The molecule has 0 radical (unpaired) electrons. The van der Waals surface area contributed by atoms with Crippen molar-refractivity contribution in [1.29, 1.82) is 0 Å². The van der Waals surface area contributed by atoms with Crippen LogP contribution >= 0.6 is 15.9 Å². The summed E-state index contributed by atoms with van der Waals surface area (Å²) in [4.78, 5) is 0.185. The zero-order valence-corrected chi connectivity index (χ0v) is 12.1. The van der Waals surface area contributed by atoms with Gasteiger partial charge in [-0.1, -0.05) is 15.9 Å². The predicted octanol–water partition coefficient (Wildman–Crippen LogP) is 1.50. The first-order valence-electron chi connectivity index (χ1n) is 4.83. The average Bonchev–Trinajstić information content (AvgIpc) is 2.01. The zero-order valence-electron chi connectivity index (χ0n) is 9.71. The quantitative estimate of drug-likeness (QED) is 0.757. The third-order valence-electron chi connectivity index (χ3n) is 1.90. The lowest BCUT2D eigenvalue weighted by atomic mass is 10.3. The molecule has 1 atom stereocenters. The van der Waals surface area contributed by atoms with Crippen LogP contribution < -0.4 is 4.72 Å². The number of hydrogen-bond donors (Lipinski definition) is 1. The number of ether oxygens (including phenoxy) is 1. The number of halogens is 1. The molecule has 0 aliphatic rings. The fourth-order valence-corrected chi connectivity index (χ4v) is 2.14. The van der Waals surface area contributed by atoms with Crippen molar-refractivity contribution >= 4 is 26.0 Å². The number of methoxy groups -OCH3 is 1. The molecule has 0 saturated carbocycles. The van der Waals surface area contributed by atoms with E-state index in [0.717, 1.165) is 0 Å². The van der Waals surface area contributed by atoms with Crippen LogP contribution in [0, 0.1) is 0 Å². The van der Waals surface area contributed by atoms with Gasteiger partial charge in [0.25, 0.3) is 0 Å². The van der Waals surface area contributed by atoms with Gasteiger partial charge in [-0.05, 0) is 27.2 Å². The van der Waals surface area contributed by atoms with Crippen LogP contribution in [0.4, 0.5) is 0 Å². The Kier molecular flexibility index (Phi) is 6.32. The van der Waals surface area contributed by atoms with Crippen LogP contribution in [0.25, 0.3) is 0 Å². The minimum Gasteiger partial charge on any atom is -0.384 e. The van der Waals surface area contributed by atoms with Crippen molar-refractivity contribution < 1.29 is 13.2 Å². The summed E-state index contributed by atoms with van der Waals surface area (Å²) in [6, 6.07) is 0. The number of rotatable bonds is 6. The molecule has 0 aromatic rings. The summed E-state index contributed by atoms with van der Waals surface area (Å²) in [6.45, 7) is 6.04. The van der Waals surface area contributed by atoms with Gasteiger partial charge in [0.1, 0.15) is 0 Å². The topological polar surface area (TPSA) is 55.4 Å². The molecule has 0 aromatic heterocycles. The molecule has 0 aliphatic heterocycles. The Hall–Kier alpha value is 0.350. The lowest BCUT2D eigenvalue weighted by Crippen LogP contribution is -2.40. The van der Waals surface area contributed by atoms with Gasteiger partial charge >= 0.3 is 0 Å². The summed E-state index contributed by atoms with van der Waals surface area (Å²) >= 11 is 3.40. The first-order valence-corrected chi connectivity index (χ1v) is 7.23. The monoisotopic (exact) mass is 301 g/mol. The average molecular weight is 302 g/mol. The van der Waals surface area contributed by atoms with Crippen LogP contribution in [-0.2, 0) is 14.8 Å². The van der Waals surface area contributed by atoms with E-state index in [1.807, 2.05) is 0 Å². The fourth-order valence-electron chi connectivity index (χ4n) is 0.831. The number of alkyl halides is 1. The summed E-state index contributed by atoms with van der Waals surface area (Å²) in [7, 11) is -1.60. The highest BCUT2D eigenvalue weighted by molar-refractivity contribution is 9.09. The molecular formula is C9H20BrNO3S. The number of nitrogens with one attached hydrogen (secondary N) is 1. The number of hydrogen-bond acceptors (Lipinski definition) is 3. The van der Waals surface area contributed by atoms with Crippen molar-refractivity contribution in [2.45, 2.75) is 36.8 Å². The second-order valence-electron chi connectivity index (χ2n) is 4.35. The highest BCUT2D eigenvalue weighted by Gasteiger charge is 2.28. The molecule has 6 heteroatoms. The van der Waals surface area contributed by atoms with Crippen molar-refractivity contribution in [3.63, 3.8) is 0 Å². The number of sulfonamides is 1. The smallest absolute Gasteiger partial charge is 0.216 e.